The number of nitrogens with one attached hydrogen (secondary N) is 2. The first kappa shape index (κ1) is 27.9. The first-order valence-electron chi connectivity index (χ1n) is 11.9. The highest BCUT2D eigenvalue weighted by atomic mass is 35.5. The molecule has 0 saturated heterocycles. The maximum absolute atomic E-state index is 12.6. The number of halogens is 2. The summed E-state index contributed by atoms with van der Waals surface area (Å²) < 4.78 is 1.52. The molecule has 2 aromatic carbocycles. The number of rotatable bonds is 10. The summed E-state index contributed by atoms with van der Waals surface area (Å²) in [6, 6.07) is 11.0. The fraction of sp³-hybridized carbons (Fsp3) is 0.346. The Balaban J connectivity index is 1.34. The van der Waals surface area contributed by atoms with Gasteiger partial charge >= 0.3 is 5.97 Å². The average Bonchev–Trinajstić information content (AvgIpc) is 3.61. The van der Waals surface area contributed by atoms with Crippen LogP contribution in [0.3, 0.4) is 0 Å². The number of carboxylic acid groups (broad SMARTS) is 1. The van der Waals surface area contributed by atoms with Crippen LogP contribution in [-0.2, 0) is 9.59 Å². The van der Waals surface area contributed by atoms with Crippen LogP contribution in [0.5, 0.6) is 0 Å². The fourth-order valence-corrected chi connectivity index (χ4v) is 4.74. The molecule has 0 spiro atoms. The van der Waals surface area contributed by atoms with Crippen LogP contribution in [-0.4, -0.2) is 56.0 Å². The van der Waals surface area contributed by atoms with E-state index < -0.39 is 11.4 Å². The highest BCUT2D eigenvalue weighted by molar-refractivity contribution is 7.99. The molecular weight excluding hydrogens is 547 g/mol. The highest BCUT2D eigenvalue weighted by Crippen LogP contribution is 2.41. The highest BCUT2D eigenvalue weighted by Gasteiger charge is 2.24. The molecule has 3 aromatic rings. The zero-order valence-electron chi connectivity index (χ0n) is 20.8. The molecule has 38 heavy (non-hydrogen) atoms. The molecule has 1 aliphatic carbocycles. The lowest BCUT2D eigenvalue weighted by atomic mass is 9.94. The van der Waals surface area contributed by atoms with Crippen LogP contribution in [0.4, 0.5) is 5.69 Å². The second kappa shape index (κ2) is 12.2. The van der Waals surface area contributed by atoms with Gasteiger partial charge in [0.1, 0.15) is 0 Å². The van der Waals surface area contributed by atoms with E-state index in [1.54, 1.807) is 18.2 Å². The summed E-state index contributed by atoms with van der Waals surface area (Å²) in [5.74, 6) is 5.63. The average molecular weight is 574 g/mol. The molecule has 198 valence electrons. The number of amides is 1. The minimum atomic E-state index is -0.919. The van der Waals surface area contributed by atoms with Crippen molar-refractivity contribution in [3.05, 3.63) is 57.6 Å². The number of hydrogen-bond acceptors (Lipinski definition) is 7. The van der Waals surface area contributed by atoms with Gasteiger partial charge in [0.2, 0.25) is 11.1 Å². The second-order valence-electron chi connectivity index (χ2n) is 9.52. The van der Waals surface area contributed by atoms with Crippen molar-refractivity contribution in [2.24, 2.45) is 5.41 Å². The van der Waals surface area contributed by atoms with Gasteiger partial charge in [0.05, 0.1) is 33.7 Å². The van der Waals surface area contributed by atoms with Crippen LogP contribution in [0.15, 0.2) is 41.6 Å². The molecule has 0 atom stereocenters. The zero-order chi connectivity index (χ0) is 27.3. The van der Waals surface area contributed by atoms with Crippen molar-refractivity contribution >= 4 is 52.5 Å². The summed E-state index contributed by atoms with van der Waals surface area (Å²) in [7, 11) is 0. The van der Waals surface area contributed by atoms with Gasteiger partial charge in [-0.1, -0.05) is 52.9 Å². The predicted molar refractivity (Wildman–Crippen MR) is 148 cm³/mol. The van der Waals surface area contributed by atoms with Crippen LogP contribution in [0.2, 0.25) is 10.0 Å². The first-order valence-corrected chi connectivity index (χ1v) is 13.6. The van der Waals surface area contributed by atoms with Crippen molar-refractivity contribution in [2.75, 3.05) is 24.2 Å². The lowest BCUT2D eigenvalue weighted by Crippen LogP contribution is -2.32. The van der Waals surface area contributed by atoms with E-state index in [0.717, 1.165) is 0 Å². The molecule has 9 nitrogen and oxygen atoms in total. The Bertz CT molecular complexity index is 1410. The predicted octanol–water partition coefficient (Wildman–Crippen LogP) is 4.63. The molecule has 12 heteroatoms. The summed E-state index contributed by atoms with van der Waals surface area (Å²) in [6.45, 7) is 4.12. The molecule has 1 fully saturated rings. The smallest absolute Gasteiger partial charge is 0.317 e. The molecule has 1 heterocycles. The van der Waals surface area contributed by atoms with Crippen LogP contribution < -0.4 is 10.6 Å². The third kappa shape index (κ3) is 7.71. The largest absolute Gasteiger partial charge is 0.480 e. The minimum Gasteiger partial charge on any atom is -0.480 e. The number of carbonyl (C=O) groups excluding carboxylic acids is 1. The molecule has 1 aliphatic rings. The van der Waals surface area contributed by atoms with E-state index in [2.05, 4.69) is 38.0 Å². The van der Waals surface area contributed by atoms with Crippen molar-refractivity contribution in [1.29, 1.82) is 0 Å². The Hall–Kier alpha value is -3.10. The third-order valence-corrected chi connectivity index (χ3v) is 7.19. The van der Waals surface area contributed by atoms with E-state index in [9.17, 15) is 9.59 Å². The molecular formula is C26H26Cl2N6O3S. The SMILES string of the molecule is CC(C)(C#Cc1ccc(NC(=O)CSc2nnnn2-c2ccc(C3CC3)cc2Cl)c(Cl)c1)CNCC(=O)O. The van der Waals surface area contributed by atoms with E-state index in [1.165, 1.54) is 34.8 Å². The molecule has 1 saturated carbocycles. The van der Waals surface area contributed by atoms with Gasteiger partial charge in [-0.2, -0.15) is 4.68 Å². The first-order chi connectivity index (χ1) is 18.1. The Morgan fingerprint density at radius 1 is 1.18 bits per heavy atom. The number of aliphatic carboxylic acids is 1. The molecule has 1 aromatic heterocycles. The lowest BCUT2D eigenvalue weighted by molar-refractivity contribution is -0.136. The number of thioether (sulfide) groups is 1. The summed E-state index contributed by atoms with van der Waals surface area (Å²) in [5, 5.41) is 27.6. The molecule has 4 rings (SSSR count). The number of anilines is 1. The van der Waals surface area contributed by atoms with Gasteiger partial charge in [0, 0.05) is 17.5 Å². The van der Waals surface area contributed by atoms with Gasteiger partial charge in [-0.05, 0) is 78.9 Å². The number of carbonyl (C=O) groups is 2. The molecule has 0 radical (unpaired) electrons. The van der Waals surface area contributed by atoms with Crippen LogP contribution in [0.1, 0.15) is 43.7 Å². The number of hydrogen-bond donors (Lipinski definition) is 3. The minimum absolute atomic E-state index is 0.0631. The van der Waals surface area contributed by atoms with E-state index in [0.29, 0.717) is 44.6 Å². The van der Waals surface area contributed by atoms with E-state index in [-0.39, 0.29) is 18.2 Å². The van der Waals surface area contributed by atoms with Crippen molar-refractivity contribution in [3.8, 4) is 17.5 Å². The summed E-state index contributed by atoms with van der Waals surface area (Å²) >= 11 is 14.1. The van der Waals surface area contributed by atoms with Gasteiger partial charge in [-0.25, -0.2) is 0 Å². The number of nitrogens with zero attached hydrogens (tertiary/aromatic N) is 4. The third-order valence-electron chi connectivity index (χ3n) is 5.65. The Kier molecular flexibility index (Phi) is 8.95. The van der Waals surface area contributed by atoms with E-state index >= 15 is 0 Å². The van der Waals surface area contributed by atoms with Gasteiger partial charge in [0.25, 0.3) is 0 Å². The van der Waals surface area contributed by atoms with Crippen molar-refractivity contribution in [2.45, 2.75) is 37.8 Å². The topological polar surface area (TPSA) is 122 Å². The lowest BCUT2D eigenvalue weighted by Gasteiger charge is -2.17. The number of carboxylic acids is 1. The van der Waals surface area contributed by atoms with Crippen molar-refractivity contribution in [3.63, 3.8) is 0 Å². The van der Waals surface area contributed by atoms with Crippen LogP contribution in [0.25, 0.3) is 5.69 Å². The maximum atomic E-state index is 12.6. The number of aromatic nitrogens is 4. The monoisotopic (exact) mass is 572 g/mol. The van der Waals surface area contributed by atoms with Crippen molar-refractivity contribution in [1.82, 2.24) is 25.5 Å². The van der Waals surface area contributed by atoms with E-state index in [4.69, 9.17) is 28.3 Å². The summed E-state index contributed by atoms with van der Waals surface area (Å²) in [4.78, 5) is 23.3. The molecule has 3 N–H and O–H groups in total. The Morgan fingerprint density at radius 2 is 1.97 bits per heavy atom. The second-order valence-corrected chi connectivity index (χ2v) is 11.3. The van der Waals surface area contributed by atoms with Crippen LogP contribution >= 0.6 is 35.0 Å². The van der Waals surface area contributed by atoms with Gasteiger partial charge in [-0.3, -0.25) is 9.59 Å². The molecule has 1 amide bonds. The van der Waals surface area contributed by atoms with Crippen molar-refractivity contribution < 1.29 is 14.7 Å². The van der Waals surface area contributed by atoms with Crippen LogP contribution in [0, 0.1) is 17.3 Å². The molecule has 0 unspecified atom stereocenters. The van der Waals surface area contributed by atoms with E-state index in [1.807, 2.05) is 32.0 Å². The maximum Gasteiger partial charge on any atom is 0.317 e. The van der Waals surface area contributed by atoms with Gasteiger partial charge < -0.3 is 15.7 Å². The number of tetrazole rings is 1. The standard InChI is InChI=1S/C26H26Cl2N6O3S/c1-26(2,15-29-13-24(36)37)10-9-16-3-7-21(19(27)11-16)30-23(35)14-38-25-31-32-33-34(25)22-8-6-18(12-20(22)28)17-4-5-17/h3,6-8,11-12,17,29H,4-5,13-15H2,1-2H3,(H,30,35)(H,36,37). The van der Waals surface area contributed by atoms with Gasteiger partial charge in [0.15, 0.2) is 0 Å². The zero-order valence-corrected chi connectivity index (χ0v) is 23.1. The fourth-order valence-electron chi connectivity index (χ4n) is 3.56. The summed E-state index contributed by atoms with van der Waals surface area (Å²) in [5.41, 5.74) is 2.57. The summed E-state index contributed by atoms with van der Waals surface area (Å²) in [6.07, 6.45) is 2.37. The number of benzene rings is 2. The molecule has 0 bridgehead atoms. The normalized spacial score (nSPS) is 13.1. The quantitative estimate of drug-likeness (QED) is 0.237. The molecule has 0 aliphatic heterocycles. The Morgan fingerprint density at radius 3 is 2.66 bits per heavy atom. The Labute approximate surface area is 234 Å². The van der Waals surface area contributed by atoms with Gasteiger partial charge in [-0.15, -0.1) is 5.10 Å².